The van der Waals surface area contributed by atoms with Crippen molar-refractivity contribution in [2.75, 3.05) is 0 Å². The van der Waals surface area contributed by atoms with Gasteiger partial charge in [0, 0.05) is 12.1 Å². The van der Waals surface area contributed by atoms with E-state index in [1.807, 2.05) is 0 Å². The summed E-state index contributed by atoms with van der Waals surface area (Å²) in [6.45, 7) is 0. The summed E-state index contributed by atoms with van der Waals surface area (Å²) in [7, 11) is 0. The van der Waals surface area contributed by atoms with E-state index >= 15 is 0 Å². The number of hydrogen-bond donors (Lipinski definition) is 0. The number of benzene rings is 1. The number of halogens is 2. The molecule has 0 fully saturated rings. The average Bonchev–Trinajstić information content (AvgIpc) is 2.77. The molecule has 2 aromatic rings. The zero-order chi connectivity index (χ0) is 12.4. The lowest BCUT2D eigenvalue weighted by atomic mass is 10.2. The van der Waals surface area contributed by atoms with Crippen molar-refractivity contribution in [1.29, 1.82) is 0 Å². The second kappa shape index (κ2) is 4.46. The molecule has 88 valence electrons. The molecule has 0 aliphatic carbocycles. The minimum absolute atomic E-state index is 0.0104. The molecule has 6 nitrogen and oxygen atoms in total. The highest BCUT2D eigenvalue weighted by Crippen LogP contribution is 2.26. The van der Waals surface area contributed by atoms with Gasteiger partial charge in [0.25, 0.3) is 11.6 Å². The molecule has 0 saturated carbocycles. The van der Waals surface area contributed by atoms with Gasteiger partial charge in [-0.1, -0.05) is 0 Å². The van der Waals surface area contributed by atoms with Crippen molar-refractivity contribution in [2.24, 2.45) is 0 Å². The van der Waals surface area contributed by atoms with Crippen LogP contribution in [0.25, 0.3) is 11.5 Å². The standard InChI is InChI=1S/C9H5ClFN3O3/c10-4-8-12-13-9(17-8)6-3-5(14(15)16)1-2-7(6)11/h1-3H,4H2. The number of nitrogens with zero attached hydrogens (tertiary/aromatic N) is 3. The van der Waals surface area contributed by atoms with Gasteiger partial charge in [0.2, 0.25) is 5.89 Å². The van der Waals surface area contributed by atoms with Gasteiger partial charge < -0.3 is 4.42 Å². The molecule has 0 N–H and O–H groups in total. The molecule has 0 spiro atoms. The Hall–Kier alpha value is -2.02. The molecule has 0 saturated heterocycles. The predicted octanol–water partition coefficient (Wildman–Crippen LogP) is 2.52. The average molecular weight is 258 g/mol. The van der Waals surface area contributed by atoms with Crippen LogP contribution in [-0.4, -0.2) is 15.1 Å². The first-order valence-corrected chi connectivity index (χ1v) is 4.98. The van der Waals surface area contributed by atoms with Crippen LogP contribution in [0.1, 0.15) is 5.89 Å². The number of alkyl halides is 1. The normalized spacial score (nSPS) is 10.5. The summed E-state index contributed by atoms with van der Waals surface area (Å²) in [6.07, 6.45) is 0. The fourth-order valence-electron chi connectivity index (χ4n) is 1.21. The third-order valence-electron chi connectivity index (χ3n) is 1.97. The molecule has 1 aromatic carbocycles. The summed E-state index contributed by atoms with van der Waals surface area (Å²) in [5.41, 5.74) is -0.380. The van der Waals surface area contributed by atoms with Crippen LogP contribution in [0.4, 0.5) is 10.1 Å². The molecule has 0 atom stereocenters. The minimum Gasteiger partial charge on any atom is -0.419 e. The first-order valence-electron chi connectivity index (χ1n) is 4.44. The summed E-state index contributed by atoms with van der Waals surface area (Å²) in [4.78, 5) is 9.92. The number of nitro benzene ring substituents is 1. The Morgan fingerprint density at radius 3 is 2.82 bits per heavy atom. The summed E-state index contributed by atoms with van der Waals surface area (Å²) in [5, 5.41) is 17.6. The monoisotopic (exact) mass is 257 g/mol. The van der Waals surface area contributed by atoms with Crippen molar-refractivity contribution in [3.05, 3.63) is 40.0 Å². The molecule has 0 unspecified atom stereocenters. The maximum atomic E-state index is 13.4. The van der Waals surface area contributed by atoms with Crippen molar-refractivity contribution in [3.63, 3.8) is 0 Å². The van der Waals surface area contributed by atoms with Crippen LogP contribution in [0.2, 0.25) is 0 Å². The Labute approximate surface area is 99.2 Å². The minimum atomic E-state index is -0.680. The van der Waals surface area contributed by atoms with E-state index < -0.39 is 10.7 Å². The van der Waals surface area contributed by atoms with E-state index in [-0.39, 0.29) is 28.9 Å². The lowest BCUT2D eigenvalue weighted by Crippen LogP contribution is -1.91. The fourth-order valence-corrected chi connectivity index (χ4v) is 1.32. The lowest BCUT2D eigenvalue weighted by molar-refractivity contribution is -0.384. The highest BCUT2D eigenvalue weighted by molar-refractivity contribution is 6.16. The van der Waals surface area contributed by atoms with Crippen LogP contribution in [-0.2, 0) is 5.88 Å². The van der Waals surface area contributed by atoms with Gasteiger partial charge in [-0.3, -0.25) is 10.1 Å². The zero-order valence-electron chi connectivity index (χ0n) is 8.26. The van der Waals surface area contributed by atoms with Gasteiger partial charge in [-0.05, 0) is 6.07 Å². The number of hydrogen-bond acceptors (Lipinski definition) is 5. The van der Waals surface area contributed by atoms with Crippen molar-refractivity contribution >= 4 is 17.3 Å². The van der Waals surface area contributed by atoms with Gasteiger partial charge in [0.05, 0.1) is 10.5 Å². The molecule has 0 radical (unpaired) electrons. The van der Waals surface area contributed by atoms with E-state index in [0.29, 0.717) is 0 Å². The summed E-state index contributed by atoms with van der Waals surface area (Å²) >= 11 is 5.45. The Morgan fingerprint density at radius 1 is 1.47 bits per heavy atom. The molecule has 17 heavy (non-hydrogen) atoms. The first kappa shape index (κ1) is 11.5. The maximum absolute atomic E-state index is 13.4. The summed E-state index contributed by atoms with van der Waals surface area (Å²) < 4.78 is 18.5. The van der Waals surface area contributed by atoms with E-state index in [9.17, 15) is 14.5 Å². The van der Waals surface area contributed by atoms with Gasteiger partial charge in [-0.2, -0.15) is 0 Å². The first-order chi connectivity index (χ1) is 8.11. The third-order valence-corrected chi connectivity index (χ3v) is 2.20. The lowest BCUT2D eigenvalue weighted by Gasteiger charge is -1.97. The highest BCUT2D eigenvalue weighted by Gasteiger charge is 2.17. The van der Waals surface area contributed by atoms with Crippen LogP contribution in [0.5, 0.6) is 0 Å². The summed E-state index contributed by atoms with van der Waals surface area (Å²) in [5.74, 6) is -0.710. The van der Waals surface area contributed by atoms with Crippen molar-refractivity contribution in [3.8, 4) is 11.5 Å². The van der Waals surface area contributed by atoms with E-state index in [1.165, 1.54) is 0 Å². The van der Waals surface area contributed by atoms with E-state index in [2.05, 4.69) is 10.2 Å². The van der Waals surface area contributed by atoms with Crippen LogP contribution < -0.4 is 0 Å². The maximum Gasteiger partial charge on any atom is 0.270 e. The molecule has 0 aliphatic heterocycles. The molecule has 0 aliphatic rings. The van der Waals surface area contributed by atoms with Crippen LogP contribution in [0.15, 0.2) is 22.6 Å². The zero-order valence-corrected chi connectivity index (χ0v) is 9.02. The second-order valence-electron chi connectivity index (χ2n) is 3.06. The van der Waals surface area contributed by atoms with Crippen LogP contribution in [0.3, 0.4) is 0 Å². The van der Waals surface area contributed by atoms with Gasteiger partial charge in [-0.25, -0.2) is 4.39 Å². The summed E-state index contributed by atoms with van der Waals surface area (Å²) in [6, 6.07) is 3.05. The van der Waals surface area contributed by atoms with Gasteiger partial charge in [-0.15, -0.1) is 21.8 Å². The quantitative estimate of drug-likeness (QED) is 0.479. The molecule has 1 aromatic heterocycles. The highest BCUT2D eigenvalue weighted by atomic mass is 35.5. The van der Waals surface area contributed by atoms with Crippen molar-refractivity contribution in [1.82, 2.24) is 10.2 Å². The van der Waals surface area contributed by atoms with Crippen LogP contribution >= 0.6 is 11.6 Å². The SMILES string of the molecule is O=[N+]([O-])c1ccc(F)c(-c2nnc(CCl)o2)c1. The topological polar surface area (TPSA) is 82.1 Å². The molecule has 0 amide bonds. The third kappa shape index (κ3) is 2.23. The number of nitro groups is 1. The Balaban J connectivity index is 2.49. The smallest absolute Gasteiger partial charge is 0.270 e. The van der Waals surface area contributed by atoms with Crippen LogP contribution in [0, 0.1) is 15.9 Å². The molecule has 1 heterocycles. The molecular formula is C9H5ClFN3O3. The van der Waals surface area contributed by atoms with E-state index in [4.69, 9.17) is 16.0 Å². The Kier molecular flexibility index (Phi) is 3.01. The largest absolute Gasteiger partial charge is 0.419 e. The van der Waals surface area contributed by atoms with Gasteiger partial charge >= 0.3 is 0 Å². The second-order valence-corrected chi connectivity index (χ2v) is 3.32. The van der Waals surface area contributed by atoms with E-state index in [0.717, 1.165) is 18.2 Å². The van der Waals surface area contributed by atoms with Crippen molar-refractivity contribution in [2.45, 2.75) is 5.88 Å². The van der Waals surface area contributed by atoms with Crippen molar-refractivity contribution < 1.29 is 13.7 Å². The van der Waals surface area contributed by atoms with E-state index in [1.54, 1.807) is 0 Å². The van der Waals surface area contributed by atoms with Gasteiger partial charge in [0.15, 0.2) is 0 Å². The fraction of sp³-hybridized carbons (Fsp3) is 0.111. The number of aromatic nitrogens is 2. The molecular weight excluding hydrogens is 253 g/mol. The number of rotatable bonds is 3. The predicted molar refractivity (Wildman–Crippen MR) is 55.9 cm³/mol. The number of non-ortho nitro benzene ring substituents is 1. The Morgan fingerprint density at radius 2 is 2.24 bits per heavy atom. The molecule has 0 bridgehead atoms. The Bertz CT molecular complexity index is 572. The van der Waals surface area contributed by atoms with Gasteiger partial charge in [0.1, 0.15) is 11.7 Å². The molecule has 2 rings (SSSR count). The molecule has 8 heteroatoms.